The molecule has 0 nitrogen and oxygen atoms in total. The van der Waals surface area contributed by atoms with Gasteiger partial charge in [0.05, 0.1) is 0 Å². The summed E-state index contributed by atoms with van der Waals surface area (Å²) in [6, 6.07) is 39.1. The van der Waals surface area contributed by atoms with Crippen LogP contribution in [0.2, 0.25) is 13.1 Å². The van der Waals surface area contributed by atoms with E-state index in [1.54, 1.807) is 0 Å². The van der Waals surface area contributed by atoms with E-state index in [2.05, 4.69) is 169 Å². The molecule has 0 N–H and O–H groups in total. The van der Waals surface area contributed by atoms with Crippen molar-refractivity contribution in [3.63, 3.8) is 0 Å². The van der Waals surface area contributed by atoms with Crippen molar-refractivity contribution < 1.29 is 44.0 Å². The fraction of sp³-hybridized carbons (Fsp3) is 0.167. The maximum absolute atomic E-state index is 2.30. The fourth-order valence-electron chi connectivity index (χ4n) is 4.78. The molecule has 0 unspecified atom stereocenters. The molecular formula is C36H36Cl2SiTi-2. The van der Waals surface area contributed by atoms with Crippen LogP contribution in [0, 0.1) is 27.7 Å². The summed E-state index contributed by atoms with van der Waals surface area (Å²) in [5.41, 5.74) is 10.6. The summed E-state index contributed by atoms with van der Waals surface area (Å²) in [4.78, 5) is 0. The van der Waals surface area contributed by atoms with Crippen LogP contribution in [0.1, 0.15) is 22.3 Å². The maximum Gasteiger partial charge on any atom is -0.0469 e. The molecule has 0 heterocycles. The van der Waals surface area contributed by atoms with Gasteiger partial charge in [-0.2, -0.15) is 0 Å². The Morgan fingerprint density at radius 1 is 0.500 bits per heavy atom. The van der Waals surface area contributed by atoms with Crippen molar-refractivity contribution in [2.75, 3.05) is 0 Å². The summed E-state index contributed by atoms with van der Waals surface area (Å²) >= 11 is 2.27. The van der Waals surface area contributed by atoms with E-state index in [0.29, 0.717) is 0 Å². The van der Waals surface area contributed by atoms with Gasteiger partial charge in [0.25, 0.3) is 0 Å². The second-order valence-corrected chi connectivity index (χ2v) is 17.0. The summed E-state index contributed by atoms with van der Waals surface area (Å²) in [6.07, 6.45) is 0.120. The maximum atomic E-state index is 2.30. The van der Waals surface area contributed by atoms with Crippen LogP contribution in [-0.2, 0) is 19.2 Å². The van der Waals surface area contributed by atoms with Crippen molar-refractivity contribution in [2.45, 2.75) is 40.8 Å². The molecule has 40 heavy (non-hydrogen) atoms. The van der Waals surface area contributed by atoms with Crippen molar-refractivity contribution in [2.24, 2.45) is 0 Å². The third-order valence-electron chi connectivity index (χ3n) is 6.86. The van der Waals surface area contributed by atoms with Crippen LogP contribution < -0.4 is 24.8 Å². The van der Waals surface area contributed by atoms with E-state index in [0.717, 1.165) is 0 Å². The third kappa shape index (κ3) is 8.32. The van der Waals surface area contributed by atoms with Crippen molar-refractivity contribution in [3.05, 3.63) is 131 Å². The SMILES string of the molecule is C[Si](C)=[Ti+2].Cc1ccc(C)c2[cH-]c(-c3ccccc3)cc12.Cc1ccc(C)c2[cH-]c(-c3ccccc3)cc12.[Cl-].[Cl-]. The Morgan fingerprint density at radius 3 is 1.10 bits per heavy atom. The van der Waals surface area contributed by atoms with E-state index in [4.69, 9.17) is 0 Å². The van der Waals surface area contributed by atoms with Gasteiger partial charge in [-0.25, -0.2) is 0 Å². The molecular weight excluding hydrogens is 579 g/mol. The number of fused-ring (bicyclic) bond motifs is 2. The van der Waals surface area contributed by atoms with Gasteiger partial charge in [0.15, 0.2) is 0 Å². The van der Waals surface area contributed by atoms with Crippen molar-refractivity contribution in [3.8, 4) is 22.3 Å². The van der Waals surface area contributed by atoms with Crippen LogP contribution in [-0.4, -0.2) is 6.19 Å². The number of rotatable bonds is 2. The van der Waals surface area contributed by atoms with Gasteiger partial charge in [-0.05, 0) is 13.8 Å². The Hall–Kier alpha value is -2.39. The second-order valence-electron chi connectivity index (χ2n) is 10.3. The summed E-state index contributed by atoms with van der Waals surface area (Å²) in [7, 11) is 0. The van der Waals surface area contributed by atoms with Crippen molar-refractivity contribution >= 4 is 27.7 Å². The molecule has 0 saturated carbocycles. The van der Waals surface area contributed by atoms with Crippen LogP contribution in [0.4, 0.5) is 0 Å². The van der Waals surface area contributed by atoms with E-state index in [9.17, 15) is 0 Å². The zero-order valence-electron chi connectivity index (χ0n) is 24.1. The molecule has 0 aliphatic carbocycles. The number of aryl methyl sites for hydroxylation is 4. The minimum Gasteiger partial charge on any atom is -1.00 e. The zero-order valence-corrected chi connectivity index (χ0v) is 28.2. The van der Waals surface area contributed by atoms with Crippen LogP contribution in [0.15, 0.2) is 109 Å². The Kier molecular flexibility index (Phi) is 13.2. The first-order chi connectivity index (χ1) is 18.2. The molecule has 0 aliphatic heterocycles. The average molecular weight is 616 g/mol. The molecule has 0 amide bonds. The summed E-state index contributed by atoms with van der Waals surface area (Å²) < 4.78 is 0. The number of benzene rings is 4. The average Bonchev–Trinajstić information content (AvgIpc) is 3.57. The number of hydrogen-bond donors (Lipinski definition) is 0. The molecule has 6 aromatic rings. The van der Waals surface area contributed by atoms with Crippen LogP contribution in [0.5, 0.6) is 0 Å². The van der Waals surface area contributed by atoms with Gasteiger partial charge >= 0.3 is 38.5 Å². The molecule has 0 bridgehead atoms. The molecule has 6 aromatic carbocycles. The Balaban J connectivity index is 0.000000237. The minimum atomic E-state index is 0. The van der Waals surface area contributed by atoms with Crippen LogP contribution in [0.25, 0.3) is 43.8 Å². The zero-order chi connectivity index (χ0) is 27.2. The molecule has 4 heteroatoms. The van der Waals surface area contributed by atoms with Crippen molar-refractivity contribution in [1.82, 2.24) is 0 Å². The molecule has 0 aliphatic rings. The van der Waals surface area contributed by atoms with E-state index < -0.39 is 0 Å². The van der Waals surface area contributed by atoms with Crippen LogP contribution in [0.3, 0.4) is 0 Å². The molecule has 0 spiro atoms. The van der Waals surface area contributed by atoms with E-state index in [-0.39, 0.29) is 31.0 Å². The first-order valence-corrected chi connectivity index (χ1v) is 18.0. The van der Waals surface area contributed by atoms with Crippen molar-refractivity contribution in [1.29, 1.82) is 0 Å². The molecule has 0 aromatic heterocycles. The molecule has 0 atom stereocenters. The Bertz CT molecular complexity index is 1480. The quantitative estimate of drug-likeness (QED) is 0.199. The number of halogens is 2. The minimum absolute atomic E-state index is 0. The molecule has 0 radical (unpaired) electrons. The predicted octanol–water partition coefficient (Wildman–Crippen LogP) is 4.48. The monoisotopic (exact) mass is 614 g/mol. The molecule has 204 valence electrons. The third-order valence-corrected chi connectivity index (χ3v) is 6.86. The summed E-state index contributed by atoms with van der Waals surface area (Å²) in [6.45, 7) is 13.2. The molecule has 6 rings (SSSR count). The van der Waals surface area contributed by atoms with Gasteiger partial charge in [-0.3, -0.25) is 0 Å². The normalized spacial score (nSPS) is 10.0. The smallest absolute Gasteiger partial charge is 0.0469 e. The van der Waals surface area contributed by atoms with E-state index >= 15 is 0 Å². The van der Waals surface area contributed by atoms with E-state index in [1.807, 2.05) is 0 Å². The van der Waals surface area contributed by atoms with E-state index in [1.165, 1.54) is 66.1 Å². The number of hydrogen-bond acceptors (Lipinski definition) is 0. The molecule has 0 saturated heterocycles. The van der Waals surface area contributed by atoms with Gasteiger partial charge in [0.1, 0.15) is 0 Å². The first kappa shape index (κ1) is 33.8. The Morgan fingerprint density at radius 2 is 0.800 bits per heavy atom. The van der Waals surface area contributed by atoms with Gasteiger partial charge in [-0.15, -0.1) is 68.1 Å². The van der Waals surface area contributed by atoms with Gasteiger partial charge in [0.2, 0.25) is 0 Å². The Labute approximate surface area is 264 Å². The molecule has 0 fully saturated rings. The summed E-state index contributed by atoms with van der Waals surface area (Å²) in [5, 5.41) is 5.51. The van der Waals surface area contributed by atoms with Gasteiger partial charge in [-0.1, -0.05) is 121 Å². The standard InChI is InChI=1S/2C17H15.C2H6Si.2ClH.Ti/c2*1-12-8-9-13(2)17-11-15(10-16(12)17)14-6-4-3-5-7-14;1-3-2;;;/h2*3-11H,1-2H3;1-2H3;2*1H;/q2*-1;;;;+2/p-2. The summed E-state index contributed by atoms with van der Waals surface area (Å²) in [5.74, 6) is 0. The first-order valence-electron chi connectivity index (χ1n) is 13.2. The van der Waals surface area contributed by atoms with Gasteiger partial charge in [0, 0.05) is 0 Å². The van der Waals surface area contributed by atoms with Crippen LogP contribution >= 0.6 is 0 Å². The predicted molar refractivity (Wildman–Crippen MR) is 166 cm³/mol. The largest absolute Gasteiger partial charge is 1.00 e. The second kappa shape index (κ2) is 15.6. The van der Waals surface area contributed by atoms with Gasteiger partial charge < -0.3 is 24.8 Å². The fourth-order valence-corrected chi connectivity index (χ4v) is 4.78. The topological polar surface area (TPSA) is 0 Å².